The van der Waals surface area contributed by atoms with E-state index in [2.05, 4.69) is 17.0 Å². The van der Waals surface area contributed by atoms with Gasteiger partial charge < -0.3 is 5.11 Å². The molecule has 0 aliphatic carbocycles. The second-order valence-corrected chi connectivity index (χ2v) is 5.95. The molecule has 3 nitrogen and oxygen atoms in total. The molecule has 0 aromatic heterocycles. The van der Waals surface area contributed by atoms with Crippen LogP contribution in [0.15, 0.2) is 54.6 Å². The summed E-state index contributed by atoms with van der Waals surface area (Å²) in [4.78, 5) is 14.0. The third kappa shape index (κ3) is 4.08. The largest absolute Gasteiger partial charge is 0.478 e. The highest BCUT2D eigenvalue weighted by molar-refractivity contribution is 6.20. The Balaban J connectivity index is 1.78. The second kappa shape index (κ2) is 7.25. The minimum Gasteiger partial charge on any atom is -0.478 e. The van der Waals surface area contributed by atoms with Crippen LogP contribution >= 0.6 is 0 Å². The smallest absolute Gasteiger partial charge is 0.336 e. The maximum Gasteiger partial charge on any atom is 0.336 e. The van der Waals surface area contributed by atoms with E-state index < -0.39 is 5.97 Å². The lowest BCUT2D eigenvalue weighted by atomic mass is 10.0. The predicted octanol–water partition coefficient (Wildman–Crippen LogP) is 3.91. The number of benzene rings is 2. The van der Waals surface area contributed by atoms with Gasteiger partial charge in [0.05, 0.1) is 5.57 Å². The molecular weight excluding hydrogens is 286 g/mol. The molecule has 1 fully saturated rings. The van der Waals surface area contributed by atoms with Crippen molar-refractivity contribution in [1.82, 2.24) is 4.90 Å². The summed E-state index contributed by atoms with van der Waals surface area (Å²) in [6.45, 7) is 3.34. The van der Waals surface area contributed by atoms with Gasteiger partial charge in [-0.1, -0.05) is 54.6 Å². The third-order valence-corrected chi connectivity index (χ3v) is 4.21. The molecule has 0 unspecified atom stereocenters. The van der Waals surface area contributed by atoms with Gasteiger partial charge >= 0.3 is 5.97 Å². The summed E-state index contributed by atoms with van der Waals surface area (Å²) < 4.78 is 0. The number of carboxylic acids is 1. The Bertz CT molecular complexity index is 683. The van der Waals surface area contributed by atoms with Crippen molar-refractivity contribution < 1.29 is 9.90 Å². The molecule has 3 heteroatoms. The van der Waals surface area contributed by atoms with Crippen LogP contribution in [0.1, 0.15) is 29.5 Å². The summed E-state index contributed by atoms with van der Waals surface area (Å²) >= 11 is 0. The summed E-state index contributed by atoms with van der Waals surface area (Å²) in [5.74, 6) is -0.905. The van der Waals surface area contributed by atoms with Gasteiger partial charge in [0, 0.05) is 6.54 Å². The fourth-order valence-electron chi connectivity index (χ4n) is 2.97. The summed E-state index contributed by atoms with van der Waals surface area (Å²) in [5, 5.41) is 9.46. The van der Waals surface area contributed by atoms with Gasteiger partial charge in [-0.25, -0.2) is 4.79 Å². The predicted molar refractivity (Wildman–Crippen MR) is 92.9 cm³/mol. The molecular formula is C20H21NO2. The maximum absolute atomic E-state index is 11.5. The van der Waals surface area contributed by atoms with Crippen molar-refractivity contribution in [2.45, 2.75) is 19.4 Å². The first-order valence-corrected chi connectivity index (χ1v) is 8.04. The van der Waals surface area contributed by atoms with E-state index in [9.17, 15) is 9.90 Å². The molecule has 0 spiro atoms. The van der Waals surface area contributed by atoms with Crippen LogP contribution in [-0.4, -0.2) is 29.1 Å². The normalized spacial score (nSPS) is 15.7. The number of likely N-dealkylation sites (tertiary alicyclic amines) is 1. The van der Waals surface area contributed by atoms with Crippen LogP contribution in [-0.2, 0) is 11.3 Å². The van der Waals surface area contributed by atoms with E-state index in [1.165, 1.54) is 31.5 Å². The van der Waals surface area contributed by atoms with Crippen molar-refractivity contribution in [3.05, 3.63) is 71.3 Å². The van der Waals surface area contributed by atoms with Gasteiger partial charge in [-0.05, 0) is 48.7 Å². The number of rotatable bonds is 5. The maximum atomic E-state index is 11.5. The first-order valence-electron chi connectivity index (χ1n) is 8.04. The lowest BCUT2D eigenvalue weighted by Gasteiger charge is -2.14. The minimum absolute atomic E-state index is 0.317. The van der Waals surface area contributed by atoms with Gasteiger partial charge in [-0.2, -0.15) is 0 Å². The van der Waals surface area contributed by atoms with Crippen molar-refractivity contribution in [1.29, 1.82) is 0 Å². The molecule has 0 bridgehead atoms. The highest BCUT2D eigenvalue weighted by Gasteiger charge is 2.12. The molecule has 118 valence electrons. The summed E-state index contributed by atoms with van der Waals surface area (Å²) in [7, 11) is 0. The molecule has 2 aromatic rings. The SMILES string of the molecule is O=C(O)C(=Cc1ccc(CN2CCCC2)cc1)c1ccccc1. The lowest BCUT2D eigenvalue weighted by Crippen LogP contribution is -2.18. The Morgan fingerprint density at radius 1 is 1.00 bits per heavy atom. The zero-order valence-electron chi connectivity index (χ0n) is 13.1. The zero-order chi connectivity index (χ0) is 16.1. The van der Waals surface area contributed by atoms with E-state index >= 15 is 0 Å². The van der Waals surface area contributed by atoms with Crippen LogP contribution in [0.5, 0.6) is 0 Å². The standard InChI is InChI=1S/C20H21NO2/c22-20(23)19(18-6-2-1-3-7-18)14-16-8-10-17(11-9-16)15-21-12-4-5-13-21/h1-3,6-11,14H,4-5,12-13,15H2,(H,22,23). The Hall–Kier alpha value is -2.39. The number of aliphatic carboxylic acids is 1. The number of carboxylic acid groups (broad SMARTS) is 1. The fraction of sp³-hybridized carbons (Fsp3) is 0.250. The molecule has 0 amide bonds. The second-order valence-electron chi connectivity index (χ2n) is 5.95. The van der Waals surface area contributed by atoms with Crippen molar-refractivity contribution >= 4 is 17.6 Å². The molecule has 23 heavy (non-hydrogen) atoms. The average Bonchev–Trinajstić information content (AvgIpc) is 3.07. The van der Waals surface area contributed by atoms with E-state index in [1.54, 1.807) is 6.08 Å². The van der Waals surface area contributed by atoms with Gasteiger partial charge in [-0.3, -0.25) is 4.90 Å². The van der Waals surface area contributed by atoms with Crippen LogP contribution in [0, 0.1) is 0 Å². The van der Waals surface area contributed by atoms with Gasteiger partial charge in [0.15, 0.2) is 0 Å². The zero-order valence-corrected chi connectivity index (χ0v) is 13.1. The highest BCUT2D eigenvalue weighted by atomic mass is 16.4. The summed E-state index contributed by atoms with van der Waals surface area (Å²) in [6, 6.07) is 17.4. The van der Waals surface area contributed by atoms with Crippen LogP contribution in [0.2, 0.25) is 0 Å². The fourth-order valence-corrected chi connectivity index (χ4v) is 2.97. The first kappa shape index (κ1) is 15.5. The van der Waals surface area contributed by atoms with Gasteiger partial charge in [-0.15, -0.1) is 0 Å². The Morgan fingerprint density at radius 2 is 1.65 bits per heavy atom. The van der Waals surface area contributed by atoms with Crippen LogP contribution in [0.4, 0.5) is 0 Å². The molecule has 1 N–H and O–H groups in total. The lowest BCUT2D eigenvalue weighted by molar-refractivity contribution is -0.130. The summed E-state index contributed by atoms with van der Waals surface area (Å²) in [6.07, 6.45) is 4.32. The van der Waals surface area contributed by atoms with Crippen molar-refractivity contribution in [3.63, 3.8) is 0 Å². The first-order chi connectivity index (χ1) is 11.2. The van der Waals surface area contributed by atoms with Gasteiger partial charge in [0.2, 0.25) is 0 Å². The quantitative estimate of drug-likeness (QED) is 0.672. The van der Waals surface area contributed by atoms with Crippen LogP contribution in [0.25, 0.3) is 11.6 Å². The number of hydrogen-bond acceptors (Lipinski definition) is 2. The third-order valence-electron chi connectivity index (χ3n) is 4.21. The average molecular weight is 307 g/mol. The van der Waals surface area contributed by atoms with E-state index in [1.807, 2.05) is 42.5 Å². The summed E-state index contributed by atoms with van der Waals surface area (Å²) in [5.41, 5.74) is 3.23. The van der Waals surface area contributed by atoms with Crippen molar-refractivity contribution in [2.75, 3.05) is 13.1 Å². The monoisotopic (exact) mass is 307 g/mol. The van der Waals surface area contributed by atoms with Crippen molar-refractivity contribution in [3.8, 4) is 0 Å². The molecule has 1 saturated heterocycles. The Labute approximate surface area is 136 Å². The molecule has 1 heterocycles. The number of nitrogens with zero attached hydrogens (tertiary/aromatic N) is 1. The molecule has 0 atom stereocenters. The number of carbonyl (C=O) groups is 1. The minimum atomic E-state index is -0.905. The van der Waals surface area contributed by atoms with Gasteiger partial charge in [0.25, 0.3) is 0 Å². The molecule has 1 aliphatic rings. The molecule has 2 aromatic carbocycles. The van der Waals surface area contributed by atoms with Crippen molar-refractivity contribution in [2.24, 2.45) is 0 Å². The van der Waals surface area contributed by atoms with Gasteiger partial charge in [0.1, 0.15) is 0 Å². The Kier molecular flexibility index (Phi) is 4.89. The Morgan fingerprint density at radius 3 is 2.26 bits per heavy atom. The molecule has 3 rings (SSSR count). The van der Waals surface area contributed by atoms with E-state index in [-0.39, 0.29) is 0 Å². The molecule has 0 saturated carbocycles. The van der Waals surface area contributed by atoms with E-state index in [4.69, 9.17) is 0 Å². The molecule has 1 aliphatic heterocycles. The van der Waals surface area contributed by atoms with Crippen LogP contribution < -0.4 is 0 Å². The molecule has 0 radical (unpaired) electrons. The van der Waals surface area contributed by atoms with E-state index in [0.29, 0.717) is 5.57 Å². The highest BCUT2D eigenvalue weighted by Crippen LogP contribution is 2.19. The van der Waals surface area contributed by atoms with Crippen LogP contribution in [0.3, 0.4) is 0 Å². The number of hydrogen-bond donors (Lipinski definition) is 1. The topological polar surface area (TPSA) is 40.5 Å². The van der Waals surface area contributed by atoms with E-state index in [0.717, 1.165) is 17.7 Å².